The van der Waals surface area contributed by atoms with Gasteiger partial charge in [0.05, 0.1) is 24.4 Å². The summed E-state index contributed by atoms with van der Waals surface area (Å²) < 4.78 is 12.0. The van der Waals surface area contributed by atoms with Gasteiger partial charge in [-0.15, -0.1) is 0 Å². The van der Waals surface area contributed by atoms with Crippen molar-refractivity contribution in [2.24, 2.45) is 0 Å². The molecule has 0 aliphatic carbocycles. The van der Waals surface area contributed by atoms with E-state index in [1.165, 1.54) is 4.90 Å². The molecule has 5 atom stereocenters. The summed E-state index contributed by atoms with van der Waals surface area (Å²) in [6, 6.07) is 9.90. The van der Waals surface area contributed by atoms with Gasteiger partial charge < -0.3 is 34.4 Å². The number of anilines is 3. The molecule has 2 aliphatic heterocycles. The van der Waals surface area contributed by atoms with Crippen LogP contribution in [-0.2, 0) is 9.47 Å². The molecule has 1 aromatic carbocycles. The first-order valence-corrected chi connectivity index (χ1v) is 14.1. The third-order valence-electron chi connectivity index (χ3n) is 7.14. The first-order valence-electron chi connectivity index (χ1n) is 14.1. The summed E-state index contributed by atoms with van der Waals surface area (Å²) in [6.45, 7) is 15.5. The van der Waals surface area contributed by atoms with Crippen molar-refractivity contribution >= 4 is 28.7 Å². The number of nitrogens with zero attached hydrogens (tertiary/aromatic N) is 7. The molecule has 40 heavy (non-hydrogen) atoms. The van der Waals surface area contributed by atoms with Crippen molar-refractivity contribution in [1.82, 2.24) is 19.9 Å². The van der Waals surface area contributed by atoms with E-state index in [0.717, 1.165) is 5.56 Å². The van der Waals surface area contributed by atoms with Crippen LogP contribution >= 0.6 is 0 Å². The van der Waals surface area contributed by atoms with Crippen molar-refractivity contribution in [3.8, 4) is 11.3 Å². The van der Waals surface area contributed by atoms with Crippen LogP contribution in [0.4, 0.5) is 17.6 Å². The van der Waals surface area contributed by atoms with Gasteiger partial charge in [-0.05, 0) is 48.5 Å². The Kier molecular flexibility index (Phi) is 7.84. The molecule has 2 fully saturated rings. The van der Waals surface area contributed by atoms with E-state index in [1.807, 2.05) is 44.2 Å². The molecule has 3 aromatic rings. The lowest BCUT2D eigenvalue weighted by molar-refractivity contribution is -0.00585. The summed E-state index contributed by atoms with van der Waals surface area (Å²) in [7, 11) is 0. The molecule has 2 aliphatic rings. The molecule has 216 valence electrons. The summed E-state index contributed by atoms with van der Waals surface area (Å²) in [5, 5.41) is 22.0. The predicted molar refractivity (Wildman–Crippen MR) is 155 cm³/mol. The number of rotatable bonds is 6. The van der Waals surface area contributed by atoms with Crippen molar-refractivity contribution in [2.45, 2.75) is 84.8 Å². The Hall–Kier alpha value is -3.12. The van der Waals surface area contributed by atoms with E-state index in [4.69, 9.17) is 29.4 Å². The Balaban J connectivity index is 1.78. The second-order valence-electron chi connectivity index (χ2n) is 11.6. The number of aliphatic hydroxyl groups is 2. The second-order valence-corrected chi connectivity index (χ2v) is 11.6. The van der Waals surface area contributed by atoms with Gasteiger partial charge in [-0.25, -0.2) is 9.97 Å². The monoisotopic (exact) mass is 551 g/mol. The molecule has 5 unspecified atom stereocenters. The van der Waals surface area contributed by atoms with Crippen LogP contribution in [0, 0.1) is 0 Å². The normalized spacial score (nSPS) is 24.8. The Morgan fingerprint density at radius 1 is 0.850 bits per heavy atom. The number of aromatic nitrogens is 4. The summed E-state index contributed by atoms with van der Waals surface area (Å²) in [4.78, 5) is 25.8. The van der Waals surface area contributed by atoms with Crippen LogP contribution in [0.2, 0.25) is 0 Å². The lowest BCUT2D eigenvalue weighted by atomic mass is 10.1. The third kappa shape index (κ3) is 5.83. The number of hydrogen-bond donors (Lipinski definition) is 2. The van der Waals surface area contributed by atoms with Crippen molar-refractivity contribution < 1.29 is 19.7 Å². The van der Waals surface area contributed by atoms with E-state index in [0.29, 0.717) is 60.6 Å². The maximum Gasteiger partial charge on any atom is 0.229 e. The molecule has 2 saturated heterocycles. The zero-order chi connectivity index (χ0) is 28.8. The number of morpholine rings is 2. The van der Waals surface area contributed by atoms with Crippen LogP contribution in [0.3, 0.4) is 0 Å². The van der Waals surface area contributed by atoms with Gasteiger partial charge in [-0.2, -0.15) is 9.97 Å². The molecular formula is C29H41N7O4. The molecule has 0 amide bonds. The van der Waals surface area contributed by atoms with E-state index in [-0.39, 0.29) is 24.4 Å². The summed E-state index contributed by atoms with van der Waals surface area (Å²) in [5.74, 6) is 1.48. The molecule has 11 nitrogen and oxygen atoms in total. The molecule has 2 aromatic heterocycles. The van der Waals surface area contributed by atoms with Crippen LogP contribution in [0.15, 0.2) is 30.3 Å². The van der Waals surface area contributed by atoms with E-state index in [2.05, 4.69) is 23.6 Å². The van der Waals surface area contributed by atoms with Gasteiger partial charge in [0.15, 0.2) is 22.8 Å². The number of hydrogen-bond acceptors (Lipinski definition) is 11. The molecule has 2 N–H and O–H groups in total. The molecule has 0 spiro atoms. The maximum atomic E-state index is 11.2. The van der Waals surface area contributed by atoms with Gasteiger partial charge in [0, 0.05) is 31.7 Å². The first kappa shape index (κ1) is 28.4. The smallest absolute Gasteiger partial charge is 0.229 e. The minimum Gasteiger partial charge on any atom is -0.374 e. The fourth-order valence-electron chi connectivity index (χ4n) is 5.82. The van der Waals surface area contributed by atoms with E-state index < -0.39 is 12.0 Å². The van der Waals surface area contributed by atoms with Gasteiger partial charge in [0.2, 0.25) is 5.95 Å². The highest BCUT2D eigenvalue weighted by molar-refractivity contribution is 5.89. The Morgan fingerprint density at radius 3 is 1.93 bits per heavy atom. The average Bonchev–Trinajstić information content (AvgIpc) is 2.86. The van der Waals surface area contributed by atoms with Crippen molar-refractivity contribution in [3.05, 3.63) is 30.3 Å². The van der Waals surface area contributed by atoms with Crippen LogP contribution in [-0.4, -0.2) is 92.7 Å². The third-order valence-corrected chi connectivity index (χ3v) is 7.14. The van der Waals surface area contributed by atoms with E-state index >= 15 is 0 Å². The minimum atomic E-state index is -1.44. The van der Waals surface area contributed by atoms with Crippen LogP contribution < -0.4 is 14.7 Å². The lowest BCUT2D eigenvalue weighted by Gasteiger charge is -2.39. The Morgan fingerprint density at radius 2 is 1.40 bits per heavy atom. The molecule has 11 heteroatoms. The highest BCUT2D eigenvalue weighted by Crippen LogP contribution is 2.36. The second kappa shape index (κ2) is 11.0. The Labute approximate surface area is 235 Å². The van der Waals surface area contributed by atoms with Gasteiger partial charge in [-0.1, -0.05) is 30.3 Å². The number of aliphatic hydroxyl groups excluding tert-OH is 1. The minimum absolute atomic E-state index is 0.00734. The van der Waals surface area contributed by atoms with Crippen molar-refractivity contribution in [1.29, 1.82) is 0 Å². The largest absolute Gasteiger partial charge is 0.374 e. The van der Waals surface area contributed by atoms with Gasteiger partial charge >= 0.3 is 0 Å². The predicted octanol–water partition coefficient (Wildman–Crippen LogP) is 3.19. The number of fused-ring (bicyclic) bond motifs is 1. The first-order chi connectivity index (χ1) is 18.9. The highest BCUT2D eigenvalue weighted by Gasteiger charge is 2.35. The molecule has 0 radical (unpaired) electrons. The van der Waals surface area contributed by atoms with Gasteiger partial charge in [0.1, 0.15) is 17.6 Å². The lowest BCUT2D eigenvalue weighted by Crippen LogP contribution is -2.50. The molecular weight excluding hydrogens is 510 g/mol. The van der Waals surface area contributed by atoms with Crippen molar-refractivity contribution in [2.75, 3.05) is 40.9 Å². The van der Waals surface area contributed by atoms with Crippen molar-refractivity contribution in [3.63, 3.8) is 0 Å². The topological polar surface area (TPSA) is 120 Å². The molecule has 0 saturated carbocycles. The van der Waals surface area contributed by atoms with Crippen LogP contribution in [0.25, 0.3) is 22.4 Å². The summed E-state index contributed by atoms with van der Waals surface area (Å²) in [5.41, 5.74) is 0.931. The number of benzene rings is 1. The van der Waals surface area contributed by atoms with Gasteiger partial charge in [-0.3, -0.25) is 0 Å². The van der Waals surface area contributed by atoms with Crippen LogP contribution in [0.5, 0.6) is 0 Å². The SMILES string of the molecule is CC1CN(c2nc(N(C(C)O)C(C)(C)O)c3nc(-c4ccccc4)c(N4CC(C)OC(C)C4)nc3n2)CC(C)O1. The van der Waals surface area contributed by atoms with Gasteiger partial charge in [0.25, 0.3) is 0 Å². The quantitative estimate of drug-likeness (QED) is 0.440. The maximum absolute atomic E-state index is 11.2. The zero-order valence-electron chi connectivity index (χ0n) is 24.4. The van der Waals surface area contributed by atoms with Crippen LogP contribution in [0.1, 0.15) is 48.5 Å². The summed E-state index contributed by atoms with van der Waals surface area (Å²) >= 11 is 0. The fourth-order valence-corrected chi connectivity index (χ4v) is 5.82. The average molecular weight is 552 g/mol. The van der Waals surface area contributed by atoms with E-state index in [9.17, 15) is 10.2 Å². The summed E-state index contributed by atoms with van der Waals surface area (Å²) in [6.07, 6.45) is -1.02. The molecule has 0 bridgehead atoms. The highest BCUT2D eigenvalue weighted by atomic mass is 16.5. The van der Waals surface area contributed by atoms with E-state index in [1.54, 1.807) is 20.8 Å². The number of ether oxygens (including phenoxy) is 2. The standard InChI is InChI=1S/C29H41N7O4/c1-17-13-34(14-18(2)39-17)26-23(22-11-9-8-10-12-22)30-24-25(31-26)32-28(35-15-19(3)40-20(4)16-35)33-27(24)36(21(5)37)29(6,7)38/h8-12,17-21,37-38H,13-16H2,1-7H3. The Bertz CT molecular complexity index is 1310. The fraction of sp³-hybridized carbons (Fsp3) is 0.586. The molecule has 5 rings (SSSR count). The zero-order valence-corrected chi connectivity index (χ0v) is 24.4. The molecule has 4 heterocycles.